The minimum absolute atomic E-state index is 1.01. The molecule has 0 heterocycles. The molecule has 52 valence electrons. The average Bonchev–Trinajstić information content (AvgIpc) is 1.91. The third-order valence-corrected chi connectivity index (χ3v) is 1.11. The molecular weight excluding hydrogens is 112 g/mol. The first-order valence-electron chi connectivity index (χ1n) is 3.10. The zero-order chi connectivity index (χ0) is 7.11. The van der Waals surface area contributed by atoms with E-state index < -0.39 is 0 Å². The molecule has 0 aliphatic heterocycles. The second-order valence-electron chi connectivity index (χ2n) is 1.68. The first kappa shape index (κ1) is 8.08. The molecule has 9 heavy (non-hydrogen) atoms. The third-order valence-electron chi connectivity index (χ3n) is 1.11. The fourth-order valence-corrected chi connectivity index (χ4v) is 0.550. The number of hydrogen-bond acceptors (Lipinski definition) is 2. The molecule has 0 aromatic rings. The van der Waals surface area contributed by atoms with Crippen molar-refractivity contribution in [2.24, 2.45) is 5.73 Å². The Kier molecular flexibility index (Phi) is 4.69. The van der Waals surface area contributed by atoms with E-state index in [0.717, 1.165) is 6.42 Å². The van der Waals surface area contributed by atoms with Crippen molar-refractivity contribution in [1.82, 2.24) is 5.32 Å². The summed E-state index contributed by atoms with van der Waals surface area (Å²) < 4.78 is 0. The van der Waals surface area contributed by atoms with E-state index in [1.54, 1.807) is 0 Å². The molecule has 0 spiro atoms. The van der Waals surface area contributed by atoms with E-state index in [1.807, 2.05) is 19.2 Å². The Balaban J connectivity index is 3.75. The lowest BCUT2D eigenvalue weighted by atomic mass is 10.3. The van der Waals surface area contributed by atoms with Crippen LogP contribution in [0.25, 0.3) is 0 Å². The first-order valence-corrected chi connectivity index (χ1v) is 3.10. The topological polar surface area (TPSA) is 38.0 Å². The number of rotatable bonds is 3. The largest absolute Gasteiger partial charge is 0.405 e. The van der Waals surface area contributed by atoms with Gasteiger partial charge in [0.2, 0.25) is 0 Å². The lowest BCUT2D eigenvalue weighted by Crippen LogP contribution is -2.03. The highest BCUT2D eigenvalue weighted by Gasteiger charge is 1.82. The molecule has 0 bridgehead atoms. The molecule has 0 rings (SSSR count). The quantitative estimate of drug-likeness (QED) is 0.553. The van der Waals surface area contributed by atoms with Crippen LogP contribution in [-0.2, 0) is 0 Å². The Morgan fingerprint density at radius 1 is 1.67 bits per heavy atom. The molecule has 0 radical (unpaired) electrons. The van der Waals surface area contributed by atoms with Crippen LogP contribution in [0.4, 0.5) is 0 Å². The van der Waals surface area contributed by atoms with Gasteiger partial charge in [0.25, 0.3) is 0 Å². The van der Waals surface area contributed by atoms with E-state index in [2.05, 4.69) is 12.2 Å². The van der Waals surface area contributed by atoms with Gasteiger partial charge in [0.05, 0.1) is 0 Å². The van der Waals surface area contributed by atoms with Crippen LogP contribution in [0.3, 0.4) is 0 Å². The Bertz CT molecular complexity index is 108. The summed E-state index contributed by atoms with van der Waals surface area (Å²) in [7, 11) is 1.90. The number of nitrogens with two attached hydrogens (primary N) is 1. The van der Waals surface area contributed by atoms with Gasteiger partial charge in [-0.25, -0.2) is 0 Å². The molecule has 2 nitrogen and oxygen atoms in total. The van der Waals surface area contributed by atoms with Crippen molar-refractivity contribution in [3.8, 4) is 0 Å². The van der Waals surface area contributed by atoms with Gasteiger partial charge < -0.3 is 11.1 Å². The number of nitrogens with one attached hydrogen (secondary N) is 1. The summed E-state index contributed by atoms with van der Waals surface area (Å²) in [5.74, 6) is 0. The zero-order valence-corrected chi connectivity index (χ0v) is 6.02. The van der Waals surface area contributed by atoms with E-state index in [0.29, 0.717) is 0 Å². The lowest BCUT2D eigenvalue weighted by molar-refractivity contribution is 0.901. The van der Waals surface area contributed by atoms with E-state index in [1.165, 1.54) is 11.9 Å². The molecule has 0 saturated heterocycles. The number of hydrogen-bond donors (Lipinski definition) is 2. The molecule has 0 fully saturated rings. The summed E-state index contributed by atoms with van der Waals surface area (Å²) in [5, 5.41) is 3.04. The summed E-state index contributed by atoms with van der Waals surface area (Å²) in [4.78, 5) is 0. The monoisotopic (exact) mass is 126 g/mol. The Labute approximate surface area is 56.4 Å². The van der Waals surface area contributed by atoms with Crippen LogP contribution >= 0.6 is 0 Å². The third kappa shape index (κ3) is 3.64. The van der Waals surface area contributed by atoms with Crippen molar-refractivity contribution >= 4 is 0 Å². The molecule has 0 atom stereocenters. The van der Waals surface area contributed by atoms with Gasteiger partial charge in [-0.15, -0.1) is 0 Å². The van der Waals surface area contributed by atoms with Gasteiger partial charge in [-0.3, -0.25) is 0 Å². The maximum Gasteiger partial charge on any atom is 0.0102 e. The van der Waals surface area contributed by atoms with E-state index in [4.69, 9.17) is 5.73 Å². The van der Waals surface area contributed by atoms with Crippen molar-refractivity contribution < 1.29 is 0 Å². The minimum Gasteiger partial charge on any atom is -0.405 e. The Hall–Kier alpha value is -0.920. The zero-order valence-electron chi connectivity index (χ0n) is 6.02. The molecule has 0 saturated carbocycles. The molecule has 3 N–H and O–H groups in total. The molecule has 0 amide bonds. The van der Waals surface area contributed by atoms with Crippen LogP contribution in [0.1, 0.15) is 13.3 Å². The fraction of sp³-hybridized carbons (Fsp3) is 0.429. The van der Waals surface area contributed by atoms with Gasteiger partial charge >= 0.3 is 0 Å². The smallest absolute Gasteiger partial charge is 0.0102 e. The highest BCUT2D eigenvalue weighted by molar-refractivity contribution is 5.09. The van der Waals surface area contributed by atoms with Crippen molar-refractivity contribution in [3.05, 3.63) is 24.0 Å². The van der Waals surface area contributed by atoms with Gasteiger partial charge in [0.15, 0.2) is 0 Å². The van der Waals surface area contributed by atoms with Crippen LogP contribution in [0.5, 0.6) is 0 Å². The van der Waals surface area contributed by atoms with E-state index in [-0.39, 0.29) is 0 Å². The van der Waals surface area contributed by atoms with Crippen LogP contribution in [0, 0.1) is 0 Å². The average molecular weight is 126 g/mol. The van der Waals surface area contributed by atoms with Gasteiger partial charge in [-0.05, 0) is 24.8 Å². The van der Waals surface area contributed by atoms with Crippen molar-refractivity contribution in [2.75, 3.05) is 7.05 Å². The maximum absolute atomic E-state index is 5.13. The van der Waals surface area contributed by atoms with E-state index >= 15 is 0 Å². The van der Waals surface area contributed by atoms with Gasteiger partial charge in [-0.2, -0.15) is 0 Å². The molecule has 0 aromatic carbocycles. The molecule has 0 aliphatic rings. The van der Waals surface area contributed by atoms with Gasteiger partial charge in [0.1, 0.15) is 0 Å². The lowest BCUT2D eigenvalue weighted by Gasteiger charge is -1.98. The van der Waals surface area contributed by atoms with Crippen molar-refractivity contribution in [3.63, 3.8) is 0 Å². The SMILES string of the molecule is CC/C(=C/C=C\N)NC. The minimum atomic E-state index is 1.01. The van der Waals surface area contributed by atoms with Crippen LogP contribution < -0.4 is 11.1 Å². The highest BCUT2D eigenvalue weighted by atomic mass is 14.8. The van der Waals surface area contributed by atoms with E-state index in [9.17, 15) is 0 Å². The molecular formula is C7H14N2. The van der Waals surface area contributed by atoms with Crippen molar-refractivity contribution in [2.45, 2.75) is 13.3 Å². The van der Waals surface area contributed by atoms with Gasteiger partial charge in [-0.1, -0.05) is 6.92 Å². The maximum atomic E-state index is 5.13. The predicted octanol–water partition coefficient (Wildman–Crippen LogP) is 0.972. The first-order chi connectivity index (χ1) is 4.35. The van der Waals surface area contributed by atoms with Crippen LogP contribution in [0.2, 0.25) is 0 Å². The summed E-state index contributed by atoms with van der Waals surface area (Å²) >= 11 is 0. The molecule has 2 heteroatoms. The second kappa shape index (κ2) is 5.22. The highest BCUT2D eigenvalue weighted by Crippen LogP contribution is 1.92. The predicted molar refractivity (Wildman–Crippen MR) is 40.8 cm³/mol. The van der Waals surface area contributed by atoms with Gasteiger partial charge in [0, 0.05) is 12.7 Å². The van der Waals surface area contributed by atoms with Crippen LogP contribution in [0.15, 0.2) is 24.0 Å². The molecule has 0 unspecified atom stereocenters. The normalized spacial score (nSPS) is 12.4. The Morgan fingerprint density at radius 3 is 2.67 bits per heavy atom. The van der Waals surface area contributed by atoms with Crippen molar-refractivity contribution in [1.29, 1.82) is 0 Å². The van der Waals surface area contributed by atoms with Crippen LogP contribution in [-0.4, -0.2) is 7.05 Å². The second-order valence-corrected chi connectivity index (χ2v) is 1.68. The summed E-state index contributed by atoms with van der Waals surface area (Å²) in [6.45, 7) is 2.09. The summed E-state index contributed by atoms with van der Waals surface area (Å²) in [5.41, 5.74) is 6.32. The standard InChI is InChI=1S/C7H14N2/c1-3-7(9-2)5-4-6-8/h4-6,9H,3,8H2,1-2H3/b6-4-,7-5-. The fourth-order valence-electron chi connectivity index (χ4n) is 0.550. The Morgan fingerprint density at radius 2 is 2.33 bits per heavy atom. The number of allylic oxidation sites excluding steroid dienone is 3. The molecule has 0 aromatic heterocycles. The molecule has 0 aliphatic carbocycles. The summed E-state index contributed by atoms with van der Waals surface area (Å²) in [6, 6.07) is 0. The summed E-state index contributed by atoms with van der Waals surface area (Å²) in [6.07, 6.45) is 6.31.